The Labute approximate surface area is 102 Å². The van der Waals surface area contributed by atoms with Gasteiger partial charge in [0, 0.05) is 7.05 Å². The van der Waals surface area contributed by atoms with Gasteiger partial charge in [0.1, 0.15) is 4.47 Å². The van der Waals surface area contributed by atoms with E-state index < -0.39 is 0 Å². The zero-order valence-electron chi connectivity index (χ0n) is 9.27. The van der Waals surface area contributed by atoms with Crippen molar-refractivity contribution in [2.45, 2.75) is 13.5 Å². The molecule has 2 aromatic rings. The molecule has 0 radical (unpaired) electrons. The first kappa shape index (κ1) is 11.2. The van der Waals surface area contributed by atoms with Crippen LogP contribution in [0.15, 0.2) is 39.6 Å². The van der Waals surface area contributed by atoms with Gasteiger partial charge in [-0.1, -0.05) is 30.3 Å². The van der Waals surface area contributed by atoms with E-state index >= 15 is 0 Å². The molecular weight excluding hydrogens is 268 g/mol. The van der Waals surface area contributed by atoms with Gasteiger partial charge in [0.25, 0.3) is 5.56 Å². The van der Waals surface area contributed by atoms with Crippen molar-refractivity contribution in [1.29, 1.82) is 0 Å². The standard InChI is InChI=1S/C12H13BrN2O/c1-9-11(13)12(16)15(14(9)2)8-10-6-4-3-5-7-10/h3-7H,8H2,1-2H3. The quantitative estimate of drug-likeness (QED) is 0.829. The van der Waals surface area contributed by atoms with Crippen LogP contribution in [0, 0.1) is 6.92 Å². The molecule has 0 amide bonds. The van der Waals surface area contributed by atoms with Crippen LogP contribution in [0.4, 0.5) is 0 Å². The lowest BCUT2D eigenvalue weighted by Gasteiger charge is -2.08. The molecule has 0 atom stereocenters. The van der Waals surface area contributed by atoms with E-state index in [9.17, 15) is 4.79 Å². The highest BCUT2D eigenvalue weighted by Gasteiger charge is 2.11. The highest BCUT2D eigenvalue weighted by Crippen LogP contribution is 2.11. The Balaban J connectivity index is 2.44. The van der Waals surface area contributed by atoms with Gasteiger partial charge in [0.15, 0.2) is 0 Å². The predicted molar refractivity (Wildman–Crippen MR) is 67.7 cm³/mol. The van der Waals surface area contributed by atoms with Gasteiger partial charge < -0.3 is 0 Å². The molecule has 0 saturated heterocycles. The van der Waals surface area contributed by atoms with Crippen LogP contribution in [0.1, 0.15) is 11.3 Å². The number of benzene rings is 1. The highest BCUT2D eigenvalue weighted by atomic mass is 79.9. The fourth-order valence-electron chi connectivity index (χ4n) is 1.66. The zero-order chi connectivity index (χ0) is 11.7. The molecule has 0 bridgehead atoms. The number of nitrogens with zero attached hydrogens (tertiary/aromatic N) is 2. The van der Waals surface area contributed by atoms with Crippen molar-refractivity contribution in [3.05, 3.63) is 56.4 Å². The second kappa shape index (κ2) is 4.29. The van der Waals surface area contributed by atoms with Crippen molar-refractivity contribution in [2.75, 3.05) is 0 Å². The molecule has 0 unspecified atom stereocenters. The van der Waals surface area contributed by atoms with Crippen LogP contribution >= 0.6 is 15.9 Å². The SMILES string of the molecule is Cc1c(Br)c(=O)n(Cc2ccccc2)n1C. The number of hydrogen-bond donors (Lipinski definition) is 0. The largest absolute Gasteiger partial charge is 0.289 e. The van der Waals surface area contributed by atoms with Crippen LogP contribution in [0.25, 0.3) is 0 Å². The van der Waals surface area contributed by atoms with Gasteiger partial charge in [0.05, 0.1) is 12.2 Å². The third kappa shape index (κ3) is 1.85. The third-order valence-corrected chi connectivity index (χ3v) is 3.68. The van der Waals surface area contributed by atoms with Gasteiger partial charge >= 0.3 is 0 Å². The van der Waals surface area contributed by atoms with E-state index in [0.717, 1.165) is 11.3 Å². The molecule has 0 saturated carbocycles. The molecule has 4 heteroatoms. The Bertz CT molecular complexity index is 554. The van der Waals surface area contributed by atoms with Crippen molar-refractivity contribution in [2.24, 2.45) is 7.05 Å². The molecule has 1 aromatic carbocycles. The lowest BCUT2D eigenvalue weighted by molar-refractivity contribution is 0.525. The topological polar surface area (TPSA) is 26.9 Å². The van der Waals surface area contributed by atoms with E-state index in [1.54, 1.807) is 4.68 Å². The summed E-state index contributed by atoms with van der Waals surface area (Å²) < 4.78 is 4.24. The number of aromatic nitrogens is 2. The van der Waals surface area contributed by atoms with Crippen molar-refractivity contribution in [1.82, 2.24) is 9.36 Å². The molecule has 0 N–H and O–H groups in total. The summed E-state index contributed by atoms with van der Waals surface area (Å²) in [5.41, 5.74) is 2.09. The van der Waals surface area contributed by atoms with Crippen LogP contribution in [-0.4, -0.2) is 9.36 Å². The molecule has 1 heterocycles. The number of halogens is 1. The maximum atomic E-state index is 11.9. The van der Waals surface area contributed by atoms with Crippen molar-refractivity contribution in [3.63, 3.8) is 0 Å². The second-order valence-corrected chi connectivity index (χ2v) is 4.56. The molecule has 3 nitrogen and oxygen atoms in total. The van der Waals surface area contributed by atoms with E-state index in [4.69, 9.17) is 0 Å². The summed E-state index contributed by atoms with van der Waals surface area (Å²) in [7, 11) is 1.89. The normalized spacial score (nSPS) is 10.7. The summed E-state index contributed by atoms with van der Waals surface area (Å²) in [5.74, 6) is 0. The monoisotopic (exact) mass is 280 g/mol. The lowest BCUT2D eigenvalue weighted by Crippen LogP contribution is -2.22. The van der Waals surface area contributed by atoms with Gasteiger partial charge in [0.2, 0.25) is 0 Å². The summed E-state index contributed by atoms with van der Waals surface area (Å²) in [4.78, 5) is 11.9. The van der Waals surface area contributed by atoms with E-state index in [2.05, 4.69) is 15.9 Å². The Morgan fingerprint density at radius 3 is 2.38 bits per heavy atom. The molecule has 84 valence electrons. The molecule has 1 aromatic heterocycles. The van der Waals surface area contributed by atoms with Crippen LogP contribution in [0.5, 0.6) is 0 Å². The van der Waals surface area contributed by atoms with Gasteiger partial charge in [-0.2, -0.15) is 0 Å². The van der Waals surface area contributed by atoms with E-state index in [0.29, 0.717) is 11.0 Å². The van der Waals surface area contributed by atoms with Crippen LogP contribution in [0.3, 0.4) is 0 Å². The summed E-state index contributed by atoms with van der Waals surface area (Å²) in [6, 6.07) is 9.96. The maximum Gasteiger partial charge on any atom is 0.281 e. The minimum Gasteiger partial charge on any atom is -0.289 e. The fourth-order valence-corrected chi connectivity index (χ4v) is 2.12. The first-order valence-electron chi connectivity index (χ1n) is 5.07. The minimum absolute atomic E-state index is 0.0175. The molecule has 0 spiro atoms. The first-order valence-corrected chi connectivity index (χ1v) is 5.86. The Kier molecular flexibility index (Phi) is 3.01. The predicted octanol–water partition coefficient (Wildman–Crippen LogP) is 2.31. The molecule has 0 aliphatic heterocycles. The summed E-state index contributed by atoms with van der Waals surface area (Å²) in [5, 5.41) is 0. The number of hydrogen-bond acceptors (Lipinski definition) is 1. The molecular formula is C12H13BrN2O. The van der Waals surface area contributed by atoms with Crippen LogP contribution in [-0.2, 0) is 13.6 Å². The third-order valence-electron chi connectivity index (χ3n) is 2.76. The Morgan fingerprint density at radius 1 is 1.25 bits per heavy atom. The van der Waals surface area contributed by atoms with Crippen molar-refractivity contribution in [3.8, 4) is 0 Å². The van der Waals surface area contributed by atoms with Gasteiger partial charge in [-0.25, -0.2) is 4.68 Å². The number of rotatable bonds is 2. The summed E-state index contributed by atoms with van der Waals surface area (Å²) in [6.07, 6.45) is 0. The Hall–Kier alpha value is -1.29. The average molecular weight is 281 g/mol. The van der Waals surface area contributed by atoms with E-state index in [1.807, 2.05) is 49.0 Å². The summed E-state index contributed by atoms with van der Waals surface area (Å²) in [6.45, 7) is 2.52. The van der Waals surface area contributed by atoms with Gasteiger partial charge in [-0.05, 0) is 28.4 Å². The van der Waals surface area contributed by atoms with Crippen molar-refractivity contribution >= 4 is 15.9 Å². The molecule has 0 fully saturated rings. The van der Waals surface area contributed by atoms with Gasteiger partial charge in [-0.15, -0.1) is 0 Å². The lowest BCUT2D eigenvalue weighted by atomic mass is 10.2. The smallest absolute Gasteiger partial charge is 0.281 e. The maximum absolute atomic E-state index is 11.9. The van der Waals surface area contributed by atoms with E-state index in [1.165, 1.54) is 0 Å². The van der Waals surface area contributed by atoms with Crippen molar-refractivity contribution < 1.29 is 0 Å². The zero-order valence-corrected chi connectivity index (χ0v) is 10.9. The minimum atomic E-state index is 0.0175. The average Bonchev–Trinajstić information content (AvgIpc) is 2.48. The molecule has 16 heavy (non-hydrogen) atoms. The second-order valence-electron chi connectivity index (χ2n) is 3.77. The molecule has 0 aliphatic rings. The van der Waals surface area contributed by atoms with E-state index in [-0.39, 0.29) is 5.56 Å². The fraction of sp³-hybridized carbons (Fsp3) is 0.250. The van der Waals surface area contributed by atoms with Gasteiger partial charge in [-0.3, -0.25) is 9.48 Å². The van der Waals surface area contributed by atoms with Crippen LogP contribution in [0.2, 0.25) is 0 Å². The Morgan fingerprint density at radius 2 is 1.88 bits per heavy atom. The van der Waals surface area contributed by atoms with Crippen LogP contribution < -0.4 is 5.56 Å². The molecule has 2 rings (SSSR count). The summed E-state index contributed by atoms with van der Waals surface area (Å²) >= 11 is 3.31. The first-order chi connectivity index (χ1) is 7.61. The molecule has 0 aliphatic carbocycles. The highest BCUT2D eigenvalue weighted by molar-refractivity contribution is 9.10.